The molecule has 0 aromatic rings. The molecule has 0 aromatic carbocycles. The van der Waals surface area contributed by atoms with E-state index in [1.165, 1.54) is 11.8 Å². The van der Waals surface area contributed by atoms with Gasteiger partial charge in [0.2, 0.25) is 0 Å². The van der Waals surface area contributed by atoms with Gasteiger partial charge < -0.3 is 0 Å². The first-order chi connectivity index (χ1) is 4.90. The zero-order valence-electron chi connectivity index (χ0n) is 5.99. The molecule has 3 heteroatoms. The third-order valence-electron chi connectivity index (χ3n) is 2.74. The molecule has 10 heavy (non-hydrogen) atoms. The number of hydrogen-bond donors (Lipinski definition) is 2. The molecule has 0 spiro atoms. The second-order valence-corrected chi connectivity index (χ2v) is 12.4. The van der Waals surface area contributed by atoms with Crippen molar-refractivity contribution in [3.8, 4) is 0 Å². The van der Waals surface area contributed by atoms with Crippen LogP contribution >= 0.6 is 29.7 Å². The van der Waals surface area contributed by atoms with Crippen LogP contribution in [0.15, 0.2) is 0 Å². The number of thiol groups is 2. The van der Waals surface area contributed by atoms with E-state index < -0.39 is 0 Å². The molecule has 0 N–H and O–H groups in total. The van der Waals surface area contributed by atoms with Gasteiger partial charge >= 0.3 is 0 Å². The topological polar surface area (TPSA) is 0 Å². The molecule has 4 saturated heterocycles. The summed E-state index contributed by atoms with van der Waals surface area (Å²) >= 11 is 0. The first-order valence-corrected chi connectivity index (χ1v) is 9.53. The van der Waals surface area contributed by atoms with Crippen LogP contribution in [0.2, 0.25) is 0 Å². The zero-order chi connectivity index (χ0) is 6.55. The monoisotopic (exact) mass is 194 g/mol. The van der Waals surface area contributed by atoms with Crippen molar-refractivity contribution in [1.82, 2.24) is 0 Å². The minimum Gasteiger partial charge on any atom is -0.196 e. The van der Waals surface area contributed by atoms with E-state index in [2.05, 4.69) is 9.83 Å². The number of hydrogen-bond acceptors (Lipinski definition) is 1. The Hall–Kier alpha value is 1.05. The molecule has 4 fully saturated rings. The lowest BCUT2D eigenvalue weighted by molar-refractivity contribution is 0.459. The van der Waals surface area contributed by atoms with E-state index in [0.29, 0.717) is 19.9 Å². The van der Waals surface area contributed by atoms with E-state index in [0.717, 1.165) is 0 Å². The molecule has 0 aromatic heterocycles. The van der Waals surface area contributed by atoms with Gasteiger partial charge in [-0.1, -0.05) is 9.83 Å². The second-order valence-electron chi connectivity index (χ2n) is 3.74. The zero-order valence-corrected chi connectivity index (χ0v) is 8.60. The Kier molecular flexibility index (Phi) is 1.49. The summed E-state index contributed by atoms with van der Waals surface area (Å²) in [6.45, 7) is 0. The van der Waals surface area contributed by atoms with Gasteiger partial charge in [0.25, 0.3) is 0 Å². The average Bonchev–Trinajstić information content (AvgIpc) is 1.82. The summed E-state index contributed by atoms with van der Waals surface area (Å²) < 4.78 is 0. The van der Waals surface area contributed by atoms with E-state index in [1.54, 1.807) is 29.4 Å². The van der Waals surface area contributed by atoms with Gasteiger partial charge in [-0.15, -0.1) is 0 Å². The Morgan fingerprint density at radius 3 is 1.80 bits per heavy atom. The molecule has 4 rings (SSSR count). The molecule has 0 nitrogen and oxygen atoms in total. The van der Waals surface area contributed by atoms with Crippen LogP contribution in [0, 0.1) is 11.8 Å². The Bertz CT molecular complexity index is 100. The maximum atomic E-state index is 2.44. The van der Waals surface area contributed by atoms with E-state index in [1.807, 2.05) is 0 Å². The summed E-state index contributed by atoms with van der Waals surface area (Å²) in [5.74, 6) is 9.02. The van der Waals surface area contributed by atoms with Crippen molar-refractivity contribution in [2.75, 3.05) is 23.0 Å². The van der Waals surface area contributed by atoms with Crippen molar-refractivity contribution < 1.29 is 0 Å². The molecule has 0 amide bonds. The van der Waals surface area contributed by atoms with Crippen LogP contribution in [0.5, 0.6) is 0 Å². The van der Waals surface area contributed by atoms with Crippen molar-refractivity contribution in [2.45, 2.75) is 6.42 Å². The van der Waals surface area contributed by atoms with Gasteiger partial charge in [0.1, 0.15) is 0 Å². The molecule has 4 aliphatic heterocycles. The molecule has 4 heterocycles. The van der Waals surface area contributed by atoms with Crippen molar-refractivity contribution >= 4 is 29.7 Å². The normalized spacial score (nSPS) is 64.8. The fourth-order valence-electron chi connectivity index (χ4n) is 2.48. The fraction of sp³-hybridized carbons (Fsp3) is 1.00. The van der Waals surface area contributed by atoms with Crippen LogP contribution in [-0.4, -0.2) is 23.0 Å². The van der Waals surface area contributed by atoms with Crippen LogP contribution in [0.25, 0.3) is 0 Å². The third kappa shape index (κ3) is 0.935. The quantitative estimate of drug-likeness (QED) is 0.440. The average molecular weight is 194 g/mol. The fourth-order valence-corrected chi connectivity index (χ4v) is 16.8. The van der Waals surface area contributed by atoms with E-state index in [9.17, 15) is 0 Å². The molecule has 0 aliphatic carbocycles. The highest BCUT2D eigenvalue weighted by Gasteiger charge is 2.39. The highest BCUT2D eigenvalue weighted by atomic mass is 33.5. The molecule has 0 saturated carbocycles. The van der Waals surface area contributed by atoms with Gasteiger partial charge in [0.15, 0.2) is 0 Å². The van der Waals surface area contributed by atoms with Crippen LogP contribution in [-0.2, 0) is 0 Å². The molecule has 0 atom stereocenters. The van der Waals surface area contributed by atoms with E-state index in [4.69, 9.17) is 0 Å². The lowest BCUT2D eigenvalue weighted by Gasteiger charge is -2.52. The predicted molar refractivity (Wildman–Crippen MR) is 56.6 cm³/mol. The van der Waals surface area contributed by atoms with E-state index in [-0.39, 0.29) is 0 Å². The van der Waals surface area contributed by atoms with Crippen LogP contribution < -0.4 is 0 Å². The lowest BCUT2D eigenvalue weighted by Crippen LogP contribution is -2.35. The molecular weight excluding hydrogens is 180 g/mol. The summed E-state index contributed by atoms with van der Waals surface area (Å²) in [7, 11) is 3.50. The maximum absolute atomic E-state index is 2.44. The van der Waals surface area contributed by atoms with Crippen LogP contribution in [0.4, 0.5) is 0 Å². The van der Waals surface area contributed by atoms with Gasteiger partial charge in [-0.2, -0.15) is 19.9 Å². The first-order valence-electron chi connectivity index (χ1n) is 4.08. The number of rotatable bonds is 0. The smallest absolute Gasteiger partial charge is 0.0124 e. The summed E-state index contributed by atoms with van der Waals surface area (Å²) in [6.07, 6.45) is 1.62. The third-order valence-corrected chi connectivity index (χ3v) is 14.2. The molecule has 60 valence electrons. The van der Waals surface area contributed by atoms with Crippen LogP contribution in [0.3, 0.4) is 0 Å². The SMILES string of the molecule is C1C2C[SH]3CC1C[SH](C2)S3. The summed E-state index contributed by atoms with van der Waals surface area (Å²) in [6, 6.07) is 0. The molecule has 0 radical (unpaired) electrons. The largest absolute Gasteiger partial charge is 0.196 e. The minimum absolute atomic E-state index is 0.534. The van der Waals surface area contributed by atoms with Gasteiger partial charge in [-0.25, -0.2) is 0 Å². The van der Waals surface area contributed by atoms with Crippen LogP contribution in [0.1, 0.15) is 6.42 Å². The van der Waals surface area contributed by atoms with Gasteiger partial charge in [-0.05, 0) is 41.3 Å². The first kappa shape index (κ1) is 6.55. The van der Waals surface area contributed by atoms with Gasteiger partial charge in [0, 0.05) is 0 Å². The Balaban J connectivity index is 1.90. The second kappa shape index (κ2) is 2.27. The van der Waals surface area contributed by atoms with Crippen molar-refractivity contribution in [2.24, 2.45) is 11.8 Å². The minimum atomic E-state index is 0.534. The lowest BCUT2D eigenvalue weighted by atomic mass is 9.99. The summed E-state index contributed by atoms with van der Waals surface area (Å²) in [5, 5.41) is 0. The Morgan fingerprint density at radius 1 is 0.900 bits per heavy atom. The Labute approximate surface area is 71.0 Å². The van der Waals surface area contributed by atoms with Gasteiger partial charge in [-0.3, -0.25) is 0 Å². The van der Waals surface area contributed by atoms with Crippen molar-refractivity contribution in [3.05, 3.63) is 0 Å². The highest BCUT2D eigenvalue weighted by molar-refractivity contribution is 9.18. The summed E-state index contributed by atoms with van der Waals surface area (Å²) in [5.41, 5.74) is 0. The van der Waals surface area contributed by atoms with Gasteiger partial charge in [0.05, 0.1) is 0 Å². The highest BCUT2D eigenvalue weighted by Crippen LogP contribution is 2.70. The van der Waals surface area contributed by atoms with Crippen molar-refractivity contribution in [1.29, 1.82) is 0 Å². The summed E-state index contributed by atoms with van der Waals surface area (Å²) in [4.78, 5) is 0. The molecular formula is C7H14S3. The predicted octanol–water partition coefficient (Wildman–Crippen LogP) is 2.22. The molecule has 4 bridgehead atoms. The standard InChI is InChI=1S/C7H14S3/c1-6-2-9-4-7(1)5-10(3-6)8-9/h6-7,9-10H,1-5H2. The molecule has 4 aliphatic rings. The maximum Gasteiger partial charge on any atom is -0.0124 e. The van der Waals surface area contributed by atoms with E-state index >= 15 is 0 Å². The Morgan fingerprint density at radius 2 is 1.40 bits per heavy atom. The molecule has 0 unspecified atom stereocenters. The van der Waals surface area contributed by atoms with Crippen molar-refractivity contribution in [3.63, 3.8) is 0 Å².